The van der Waals surface area contributed by atoms with Crippen molar-refractivity contribution in [3.63, 3.8) is 0 Å². The standard InChI is InChI=1S/C19H21Cl2N5O/c20-12-1-2-13(17(21)7-12)16-11-26-18(25-3-5-27-6-4-25)10-24-19(26)15(9-23)14(16)8-22/h1-2,7,10-11H,3-6,8-9,22-23H2. The second-order valence-corrected chi connectivity index (χ2v) is 7.29. The number of pyridine rings is 1. The third kappa shape index (κ3) is 3.28. The minimum absolute atomic E-state index is 0.342. The average molecular weight is 406 g/mol. The third-order valence-corrected chi connectivity index (χ3v) is 5.51. The molecule has 6 nitrogen and oxygen atoms in total. The number of morpholine rings is 1. The van der Waals surface area contributed by atoms with Crippen LogP contribution in [0.25, 0.3) is 16.8 Å². The molecular weight excluding hydrogens is 385 g/mol. The number of nitrogens with two attached hydrogens (primary N) is 2. The Morgan fingerprint density at radius 1 is 1.04 bits per heavy atom. The lowest BCUT2D eigenvalue weighted by atomic mass is 9.97. The van der Waals surface area contributed by atoms with Crippen LogP contribution in [0.5, 0.6) is 0 Å². The van der Waals surface area contributed by atoms with Crippen LogP contribution in [-0.2, 0) is 17.8 Å². The number of imidazole rings is 1. The van der Waals surface area contributed by atoms with Gasteiger partial charge in [-0.1, -0.05) is 29.3 Å². The third-order valence-electron chi connectivity index (χ3n) is 4.96. The molecule has 4 N–H and O–H groups in total. The van der Waals surface area contributed by atoms with E-state index in [0.717, 1.165) is 46.8 Å². The quantitative estimate of drug-likeness (QED) is 0.696. The van der Waals surface area contributed by atoms with Crippen LogP contribution in [-0.4, -0.2) is 35.7 Å². The van der Waals surface area contributed by atoms with Gasteiger partial charge in [0, 0.05) is 59.1 Å². The van der Waals surface area contributed by atoms with E-state index in [-0.39, 0.29) is 0 Å². The van der Waals surface area contributed by atoms with Crippen molar-refractivity contribution in [3.8, 4) is 11.1 Å². The van der Waals surface area contributed by atoms with E-state index < -0.39 is 0 Å². The summed E-state index contributed by atoms with van der Waals surface area (Å²) in [6.45, 7) is 3.73. The van der Waals surface area contributed by atoms with Gasteiger partial charge in [-0.2, -0.15) is 0 Å². The molecule has 3 heterocycles. The molecule has 0 aliphatic carbocycles. The first kappa shape index (κ1) is 18.5. The second kappa shape index (κ2) is 7.66. The Bertz CT molecular complexity index is 982. The molecule has 142 valence electrons. The molecule has 0 unspecified atom stereocenters. The van der Waals surface area contributed by atoms with Crippen molar-refractivity contribution in [1.29, 1.82) is 0 Å². The summed E-state index contributed by atoms with van der Waals surface area (Å²) in [7, 11) is 0. The maximum atomic E-state index is 6.49. The van der Waals surface area contributed by atoms with Gasteiger partial charge in [0.25, 0.3) is 0 Å². The minimum atomic E-state index is 0.342. The van der Waals surface area contributed by atoms with E-state index >= 15 is 0 Å². The van der Waals surface area contributed by atoms with E-state index in [1.165, 1.54) is 0 Å². The normalized spacial score (nSPS) is 14.9. The molecule has 0 atom stereocenters. The molecule has 3 aromatic rings. The summed E-state index contributed by atoms with van der Waals surface area (Å²) < 4.78 is 7.55. The van der Waals surface area contributed by atoms with Gasteiger partial charge < -0.3 is 21.1 Å². The first-order valence-corrected chi connectivity index (χ1v) is 9.59. The number of fused-ring (bicyclic) bond motifs is 1. The van der Waals surface area contributed by atoms with Crippen molar-refractivity contribution in [1.82, 2.24) is 9.38 Å². The van der Waals surface area contributed by atoms with Crippen LogP contribution >= 0.6 is 23.2 Å². The molecule has 4 rings (SSSR count). The Labute approximate surface area is 167 Å². The van der Waals surface area contributed by atoms with Crippen LogP contribution in [0.4, 0.5) is 5.82 Å². The number of aromatic nitrogens is 2. The van der Waals surface area contributed by atoms with Crippen LogP contribution in [0.15, 0.2) is 30.6 Å². The summed E-state index contributed by atoms with van der Waals surface area (Å²) in [6.07, 6.45) is 3.93. The van der Waals surface area contributed by atoms with E-state index in [1.807, 2.05) is 24.5 Å². The van der Waals surface area contributed by atoms with Crippen molar-refractivity contribution in [2.45, 2.75) is 13.1 Å². The smallest absolute Gasteiger partial charge is 0.143 e. The Morgan fingerprint density at radius 3 is 2.44 bits per heavy atom. The fraction of sp³-hybridized carbons (Fsp3) is 0.316. The highest BCUT2D eigenvalue weighted by molar-refractivity contribution is 6.36. The predicted molar refractivity (Wildman–Crippen MR) is 109 cm³/mol. The molecule has 1 aliphatic rings. The molecule has 0 amide bonds. The largest absolute Gasteiger partial charge is 0.378 e. The molecule has 27 heavy (non-hydrogen) atoms. The highest BCUT2D eigenvalue weighted by Crippen LogP contribution is 2.36. The van der Waals surface area contributed by atoms with Gasteiger partial charge in [-0.15, -0.1) is 0 Å². The van der Waals surface area contributed by atoms with Gasteiger partial charge >= 0.3 is 0 Å². The zero-order valence-corrected chi connectivity index (χ0v) is 16.3. The van der Waals surface area contributed by atoms with E-state index in [4.69, 9.17) is 39.4 Å². The Balaban J connectivity index is 1.96. The molecule has 0 radical (unpaired) electrons. The lowest BCUT2D eigenvalue weighted by Gasteiger charge is -2.28. The number of benzene rings is 1. The summed E-state index contributed by atoms with van der Waals surface area (Å²) in [5, 5.41) is 1.17. The van der Waals surface area contributed by atoms with Crippen LogP contribution in [0.1, 0.15) is 11.1 Å². The number of anilines is 1. The minimum Gasteiger partial charge on any atom is -0.378 e. The van der Waals surface area contributed by atoms with Crippen molar-refractivity contribution < 1.29 is 4.74 Å². The fourth-order valence-corrected chi connectivity index (χ4v) is 4.13. The predicted octanol–water partition coefficient (Wildman–Crippen LogP) is 3.06. The van der Waals surface area contributed by atoms with Crippen molar-refractivity contribution in [3.05, 3.63) is 51.8 Å². The van der Waals surface area contributed by atoms with Crippen LogP contribution in [0, 0.1) is 0 Å². The first-order chi connectivity index (χ1) is 13.1. The van der Waals surface area contributed by atoms with E-state index in [1.54, 1.807) is 6.07 Å². The first-order valence-electron chi connectivity index (χ1n) is 8.84. The Kier molecular flexibility index (Phi) is 5.25. The highest BCUT2D eigenvalue weighted by Gasteiger charge is 2.21. The van der Waals surface area contributed by atoms with Gasteiger partial charge in [-0.25, -0.2) is 4.98 Å². The van der Waals surface area contributed by atoms with Gasteiger partial charge in [0.15, 0.2) is 0 Å². The molecule has 1 aromatic carbocycles. The molecule has 0 spiro atoms. The molecular formula is C19H21Cl2N5O. The number of rotatable bonds is 4. The Morgan fingerprint density at radius 2 is 1.78 bits per heavy atom. The van der Waals surface area contributed by atoms with Gasteiger partial charge in [0.05, 0.1) is 19.4 Å². The maximum Gasteiger partial charge on any atom is 0.143 e. The number of hydrogen-bond acceptors (Lipinski definition) is 5. The van der Waals surface area contributed by atoms with Gasteiger partial charge in [-0.05, 0) is 17.7 Å². The summed E-state index contributed by atoms with van der Waals surface area (Å²) in [5.74, 6) is 1.01. The molecule has 1 saturated heterocycles. The Hall–Kier alpha value is -1.83. The topological polar surface area (TPSA) is 81.8 Å². The van der Waals surface area contributed by atoms with E-state index in [0.29, 0.717) is 36.3 Å². The lowest BCUT2D eigenvalue weighted by Crippen LogP contribution is -2.36. The highest BCUT2D eigenvalue weighted by atomic mass is 35.5. The number of hydrogen-bond donors (Lipinski definition) is 2. The molecule has 0 bridgehead atoms. The molecule has 1 aliphatic heterocycles. The van der Waals surface area contributed by atoms with Crippen molar-refractivity contribution >= 4 is 34.7 Å². The number of ether oxygens (including phenoxy) is 1. The molecule has 8 heteroatoms. The summed E-state index contributed by atoms with van der Waals surface area (Å²) in [4.78, 5) is 6.90. The van der Waals surface area contributed by atoms with E-state index in [2.05, 4.69) is 14.3 Å². The van der Waals surface area contributed by atoms with Crippen molar-refractivity contribution in [2.24, 2.45) is 11.5 Å². The SMILES string of the molecule is NCc1c(-c2ccc(Cl)cc2Cl)cn2c(N3CCOCC3)cnc2c1CN. The van der Waals surface area contributed by atoms with Crippen molar-refractivity contribution in [2.75, 3.05) is 31.2 Å². The van der Waals surface area contributed by atoms with Gasteiger partial charge in [0.1, 0.15) is 11.5 Å². The average Bonchev–Trinajstić information content (AvgIpc) is 3.11. The monoisotopic (exact) mass is 405 g/mol. The maximum absolute atomic E-state index is 6.49. The van der Waals surface area contributed by atoms with Crippen LogP contribution < -0.4 is 16.4 Å². The summed E-state index contributed by atoms with van der Waals surface area (Å²) in [6, 6.07) is 5.48. The molecule has 2 aromatic heterocycles. The molecule has 1 fully saturated rings. The van der Waals surface area contributed by atoms with Crippen LogP contribution in [0.2, 0.25) is 10.0 Å². The second-order valence-electron chi connectivity index (χ2n) is 6.44. The molecule has 0 saturated carbocycles. The summed E-state index contributed by atoms with van der Waals surface area (Å²) >= 11 is 12.6. The van der Waals surface area contributed by atoms with Gasteiger partial charge in [0.2, 0.25) is 0 Å². The zero-order chi connectivity index (χ0) is 19.0. The number of nitrogens with zero attached hydrogens (tertiary/aromatic N) is 3. The van der Waals surface area contributed by atoms with Gasteiger partial charge in [-0.3, -0.25) is 4.40 Å². The van der Waals surface area contributed by atoms with E-state index in [9.17, 15) is 0 Å². The summed E-state index contributed by atoms with van der Waals surface area (Å²) in [5.41, 5.74) is 16.7. The lowest BCUT2D eigenvalue weighted by molar-refractivity contribution is 0.122. The number of halogens is 2. The fourth-order valence-electron chi connectivity index (χ4n) is 3.62. The van der Waals surface area contributed by atoms with Crippen LogP contribution in [0.3, 0.4) is 0 Å². The zero-order valence-electron chi connectivity index (χ0n) is 14.8.